The number of nitrogens with two attached hydrogens (primary N) is 1. The van der Waals surface area contributed by atoms with Gasteiger partial charge in [0.25, 0.3) is 0 Å². The van der Waals surface area contributed by atoms with Crippen molar-refractivity contribution >= 4 is 5.78 Å². The number of hydrogen-bond acceptors (Lipinski definition) is 2. The average Bonchev–Trinajstić information content (AvgIpc) is 3.17. The second-order valence-corrected chi connectivity index (χ2v) is 5.22. The molecule has 19 heavy (non-hydrogen) atoms. The van der Waals surface area contributed by atoms with Crippen molar-refractivity contribution in [3.8, 4) is 0 Å². The Morgan fingerprint density at radius 2 is 1.84 bits per heavy atom. The molecular formula is C17H17NO. The van der Waals surface area contributed by atoms with E-state index in [4.69, 9.17) is 5.73 Å². The van der Waals surface area contributed by atoms with Gasteiger partial charge in [0.2, 0.25) is 0 Å². The third kappa shape index (κ3) is 2.74. The zero-order chi connectivity index (χ0) is 13.2. The molecule has 1 saturated carbocycles. The summed E-state index contributed by atoms with van der Waals surface area (Å²) < 4.78 is 0. The van der Waals surface area contributed by atoms with Gasteiger partial charge in [-0.15, -0.1) is 0 Å². The molecule has 1 fully saturated rings. The third-order valence-electron chi connectivity index (χ3n) is 3.68. The van der Waals surface area contributed by atoms with Crippen LogP contribution in [0.3, 0.4) is 0 Å². The number of ketones is 1. The second kappa shape index (κ2) is 4.98. The van der Waals surface area contributed by atoms with E-state index in [2.05, 4.69) is 6.07 Å². The van der Waals surface area contributed by atoms with Crippen LogP contribution in [0, 0.1) is 0 Å². The van der Waals surface area contributed by atoms with Gasteiger partial charge >= 0.3 is 0 Å². The number of carbonyl (C=O) groups excluding carboxylic acids is 1. The molecular weight excluding hydrogens is 234 g/mol. The van der Waals surface area contributed by atoms with Crippen molar-refractivity contribution in [1.29, 1.82) is 0 Å². The minimum Gasteiger partial charge on any atom is -0.327 e. The van der Waals surface area contributed by atoms with Crippen LogP contribution in [0.15, 0.2) is 54.6 Å². The summed E-state index contributed by atoms with van der Waals surface area (Å²) in [5.74, 6) is 0.617. The maximum Gasteiger partial charge on any atom is 0.167 e. The SMILES string of the molecule is NC1CC1c1cccc(C(=O)Cc2ccccc2)c1. The molecule has 0 saturated heterocycles. The quantitative estimate of drug-likeness (QED) is 0.849. The summed E-state index contributed by atoms with van der Waals surface area (Å²) in [4.78, 5) is 12.3. The van der Waals surface area contributed by atoms with E-state index >= 15 is 0 Å². The number of rotatable bonds is 4. The van der Waals surface area contributed by atoms with E-state index in [1.165, 1.54) is 5.56 Å². The van der Waals surface area contributed by atoms with E-state index in [9.17, 15) is 4.79 Å². The van der Waals surface area contributed by atoms with Gasteiger partial charge in [-0.2, -0.15) is 0 Å². The molecule has 2 unspecified atom stereocenters. The average molecular weight is 251 g/mol. The molecule has 0 aliphatic heterocycles. The highest BCUT2D eigenvalue weighted by Gasteiger charge is 2.34. The molecule has 1 aliphatic carbocycles. The largest absolute Gasteiger partial charge is 0.327 e. The summed E-state index contributed by atoms with van der Waals surface area (Å²) in [6, 6.07) is 18.0. The fourth-order valence-corrected chi connectivity index (χ4v) is 2.42. The Balaban J connectivity index is 1.76. The zero-order valence-electron chi connectivity index (χ0n) is 10.8. The Morgan fingerprint density at radius 3 is 2.53 bits per heavy atom. The Labute approximate surface area is 113 Å². The van der Waals surface area contributed by atoms with Crippen LogP contribution in [-0.4, -0.2) is 11.8 Å². The molecule has 2 heteroatoms. The number of benzene rings is 2. The third-order valence-corrected chi connectivity index (χ3v) is 3.68. The Morgan fingerprint density at radius 1 is 1.11 bits per heavy atom. The molecule has 0 amide bonds. The second-order valence-electron chi connectivity index (χ2n) is 5.22. The van der Waals surface area contributed by atoms with E-state index in [0.29, 0.717) is 12.3 Å². The van der Waals surface area contributed by atoms with Crippen molar-refractivity contribution in [1.82, 2.24) is 0 Å². The van der Waals surface area contributed by atoms with Crippen molar-refractivity contribution in [2.24, 2.45) is 5.73 Å². The molecule has 96 valence electrons. The summed E-state index contributed by atoms with van der Waals surface area (Å²) in [5.41, 5.74) is 8.91. The molecule has 0 spiro atoms. The molecule has 2 aromatic rings. The maximum absolute atomic E-state index is 12.3. The van der Waals surface area contributed by atoms with Crippen LogP contribution in [0.25, 0.3) is 0 Å². The molecule has 3 rings (SSSR count). The molecule has 0 radical (unpaired) electrons. The predicted octanol–water partition coefficient (Wildman–Crippen LogP) is 2.93. The predicted molar refractivity (Wildman–Crippen MR) is 76.3 cm³/mol. The summed E-state index contributed by atoms with van der Waals surface area (Å²) in [6.45, 7) is 0. The van der Waals surface area contributed by atoms with Crippen LogP contribution in [0.2, 0.25) is 0 Å². The highest BCUT2D eigenvalue weighted by atomic mass is 16.1. The summed E-state index contributed by atoms with van der Waals surface area (Å²) in [5, 5.41) is 0. The minimum atomic E-state index is 0.169. The first-order valence-electron chi connectivity index (χ1n) is 6.67. The Hall–Kier alpha value is -1.93. The lowest BCUT2D eigenvalue weighted by atomic mass is 10.00. The van der Waals surface area contributed by atoms with E-state index in [1.807, 2.05) is 48.5 Å². The van der Waals surface area contributed by atoms with Gasteiger partial charge in [0.15, 0.2) is 5.78 Å². The van der Waals surface area contributed by atoms with Crippen LogP contribution < -0.4 is 5.73 Å². The lowest BCUT2D eigenvalue weighted by Crippen LogP contribution is -2.05. The standard InChI is InChI=1S/C17H17NO/c18-16-11-15(16)13-7-4-8-14(10-13)17(19)9-12-5-2-1-3-6-12/h1-8,10,15-16H,9,11,18H2. The van der Waals surface area contributed by atoms with Crippen LogP contribution in [0.1, 0.15) is 33.8 Å². The van der Waals surface area contributed by atoms with Gasteiger partial charge in [-0.3, -0.25) is 4.79 Å². The van der Waals surface area contributed by atoms with Crippen molar-refractivity contribution < 1.29 is 4.79 Å². The molecule has 2 atom stereocenters. The van der Waals surface area contributed by atoms with Gasteiger partial charge < -0.3 is 5.73 Å². The van der Waals surface area contributed by atoms with E-state index in [-0.39, 0.29) is 11.8 Å². The van der Waals surface area contributed by atoms with E-state index in [1.54, 1.807) is 0 Å². The van der Waals surface area contributed by atoms with Crippen molar-refractivity contribution in [2.45, 2.75) is 24.8 Å². The van der Waals surface area contributed by atoms with Gasteiger partial charge in [-0.1, -0.05) is 48.5 Å². The van der Waals surface area contributed by atoms with Crippen molar-refractivity contribution in [2.75, 3.05) is 0 Å². The molecule has 2 aromatic carbocycles. The minimum absolute atomic E-state index is 0.169. The lowest BCUT2D eigenvalue weighted by Gasteiger charge is -2.04. The molecule has 0 bridgehead atoms. The van der Waals surface area contributed by atoms with Gasteiger partial charge in [0.05, 0.1) is 0 Å². The monoisotopic (exact) mass is 251 g/mol. The fourth-order valence-electron chi connectivity index (χ4n) is 2.42. The number of Topliss-reactive ketones (excluding diaryl/α,β-unsaturated/α-hetero) is 1. The van der Waals surface area contributed by atoms with Crippen LogP contribution >= 0.6 is 0 Å². The van der Waals surface area contributed by atoms with E-state index < -0.39 is 0 Å². The van der Waals surface area contributed by atoms with Gasteiger partial charge in [-0.05, 0) is 23.6 Å². The normalized spacial score (nSPS) is 21.1. The highest BCUT2D eigenvalue weighted by Crippen LogP contribution is 2.39. The maximum atomic E-state index is 12.3. The Bertz CT molecular complexity index is 591. The summed E-state index contributed by atoms with van der Waals surface area (Å²) >= 11 is 0. The van der Waals surface area contributed by atoms with Crippen LogP contribution in [0.4, 0.5) is 0 Å². The Kier molecular flexibility index (Phi) is 3.18. The van der Waals surface area contributed by atoms with Crippen LogP contribution in [0.5, 0.6) is 0 Å². The van der Waals surface area contributed by atoms with E-state index in [0.717, 1.165) is 17.5 Å². The molecule has 1 aliphatic rings. The molecule has 0 aromatic heterocycles. The first-order chi connectivity index (χ1) is 9.24. The van der Waals surface area contributed by atoms with Gasteiger partial charge in [0.1, 0.15) is 0 Å². The van der Waals surface area contributed by atoms with Crippen molar-refractivity contribution in [3.05, 3.63) is 71.3 Å². The van der Waals surface area contributed by atoms with Gasteiger partial charge in [0, 0.05) is 23.9 Å². The topological polar surface area (TPSA) is 43.1 Å². The molecule has 2 N–H and O–H groups in total. The number of carbonyl (C=O) groups is 1. The fraction of sp³-hybridized carbons (Fsp3) is 0.235. The zero-order valence-corrected chi connectivity index (χ0v) is 10.8. The smallest absolute Gasteiger partial charge is 0.167 e. The molecule has 0 heterocycles. The summed E-state index contributed by atoms with van der Waals surface area (Å²) in [6.07, 6.45) is 1.50. The van der Waals surface area contributed by atoms with Crippen LogP contribution in [-0.2, 0) is 6.42 Å². The highest BCUT2D eigenvalue weighted by molar-refractivity contribution is 5.97. The molecule has 2 nitrogen and oxygen atoms in total. The van der Waals surface area contributed by atoms with Crippen molar-refractivity contribution in [3.63, 3.8) is 0 Å². The van der Waals surface area contributed by atoms with Gasteiger partial charge in [-0.25, -0.2) is 0 Å². The lowest BCUT2D eigenvalue weighted by molar-refractivity contribution is 0.0993. The summed E-state index contributed by atoms with van der Waals surface area (Å²) in [7, 11) is 0. The first kappa shape index (κ1) is 12.1. The number of hydrogen-bond donors (Lipinski definition) is 1. The first-order valence-corrected chi connectivity index (χ1v) is 6.67.